The molecule has 3 aromatic rings. The molecule has 1 aromatic heterocycles. The van der Waals surface area contributed by atoms with Crippen LogP contribution in [0.25, 0.3) is 0 Å². The summed E-state index contributed by atoms with van der Waals surface area (Å²) in [6, 6.07) is 21.0. The van der Waals surface area contributed by atoms with Gasteiger partial charge in [-0.15, -0.1) is 0 Å². The maximum atomic E-state index is 13.2. The van der Waals surface area contributed by atoms with Crippen LogP contribution in [0.1, 0.15) is 27.9 Å². The number of amides is 2. The highest BCUT2D eigenvalue weighted by molar-refractivity contribution is 5.97. The highest BCUT2D eigenvalue weighted by Gasteiger charge is 2.34. The Bertz CT molecular complexity index is 1040. The SMILES string of the molecule is COc1ccc(C(=O)N2CC(=O)N(Cc3ccncc3)[C@@H](CCc3ccccc3)C2)cc1. The maximum Gasteiger partial charge on any atom is 0.254 e. The molecule has 1 aliphatic heterocycles. The van der Waals surface area contributed by atoms with E-state index < -0.39 is 0 Å². The van der Waals surface area contributed by atoms with Crippen molar-refractivity contribution in [2.45, 2.75) is 25.4 Å². The molecule has 2 heterocycles. The first-order valence-corrected chi connectivity index (χ1v) is 10.8. The number of hydrogen-bond acceptors (Lipinski definition) is 4. The normalized spacial score (nSPS) is 16.2. The van der Waals surface area contributed by atoms with E-state index in [1.165, 1.54) is 5.56 Å². The monoisotopic (exact) mass is 429 g/mol. The van der Waals surface area contributed by atoms with E-state index in [4.69, 9.17) is 4.74 Å². The van der Waals surface area contributed by atoms with Crippen LogP contribution >= 0.6 is 0 Å². The van der Waals surface area contributed by atoms with E-state index in [0.717, 1.165) is 18.4 Å². The summed E-state index contributed by atoms with van der Waals surface area (Å²) in [4.78, 5) is 33.9. The van der Waals surface area contributed by atoms with Crippen LogP contribution < -0.4 is 4.74 Å². The summed E-state index contributed by atoms with van der Waals surface area (Å²) in [6.45, 7) is 1.11. The van der Waals surface area contributed by atoms with Crippen molar-refractivity contribution < 1.29 is 14.3 Å². The molecule has 0 bridgehead atoms. The fourth-order valence-electron chi connectivity index (χ4n) is 4.07. The molecule has 0 N–H and O–H groups in total. The zero-order valence-electron chi connectivity index (χ0n) is 18.2. The Kier molecular flexibility index (Phi) is 6.80. The van der Waals surface area contributed by atoms with E-state index >= 15 is 0 Å². The predicted octanol–water partition coefficient (Wildman–Crippen LogP) is 3.58. The molecule has 0 spiro atoms. The quantitative estimate of drug-likeness (QED) is 0.576. The van der Waals surface area contributed by atoms with Crippen LogP contribution in [0, 0.1) is 0 Å². The molecule has 6 nitrogen and oxygen atoms in total. The minimum Gasteiger partial charge on any atom is -0.497 e. The van der Waals surface area contributed by atoms with Gasteiger partial charge in [0.25, 0.3) is 5.91 Å². The zero-order valence-corrected chi connectivity index (χ0v) is 18.2. The van der Waals surface area contributed by atoms with E-state index in [-0.39, 0.29) is 24.4 Å². The molecule has 1 fully saturated rings. The summed E-state index contributed by atoms with van der Waals surface area (Å²) >= 11 is 0. The number of nitrogens with zero attached hydrogens (tertiary/aromatic N) is 3. The Morgan fingerprint density at radius 3 is 2.41 bits per heavy atom. The average Bonchev–Trinajstić information content (AvgIpc) is 2.85. The van der Waals surface area contributed by atoms with Crippen LogP contribution in [0.4, 0.5) is 0 Å². The number of methoxy groups -OCH3 is 1. The molecule has 0 aliphatic carbocycles. The van der Waals surface area contributed by atoms with Gasteiger partial charge in [0.1, 0.15) is 12.3 Å². The van der Waals surface area contributed by atoms with Crippen LogP contribution in [0.2, 0.25) is 0 Å². The van der Waals surface area contributed by atoms with Gasteiger partial charge < -0.3 is 14.5 Å². The molecule has 32 heavy (non-hydrogen) atoms. The molecule has 1 saturated heterocycles. The highest BCUT2D eigenvalue weighted by atomic mass is 16.5. The van der Waals surface area contributed by atoms with Gasteiger partial charge in [0, 0.05) is 31.0 Å². The fraction of sp³-hybridized carbons (Fsp3) is 0.269. The Hall–Kier alpha value is -3.67. The van der Waals surface area contributed by atoms with Crippen LogP contribution in [0.3, 0.4) is 0 Å². The van der Waals surface area contributed by atoms with Crippen molar-refractivity contribution >= 4 is 11.8 Å². The smallest absolute Gasteiger partial charge is 0.254 e. The molecule has 4 rings (SSSR count). The summed E-state index contributed by atoms with van der Waals surface area (Å²) in [7, 11) is 1.59. The van der Waals surface area contributed by atoms with Gasteiger partial charge >= 0.3 is 0 Å². The van der Waals surface area contributed by atoms with Gasteiger partial charge in [-0.25, -0.2) is 0 Å². The molecule has 164 valence electrons. The van der Waals surface area contributed by atoms with Gasteiger partial charge in [-0.3, -0.25) is 14.6 Å². The van der Waals surface area contributed by atoms with Gasteiger partial charge in [0.2, 0.25) is 5.91 Å². The van der Waals surface area contributed by atoms with Crippen molar-refractivity contribution in [1.82, 2.24) is 14.8 Å². The molecule has 2 amide bonds. The Morgan fingerprint density at radius 1 is 1.00 bits per heavy atom. The third-order valence-corrected chi connectivity index (χ3v) is 5.85. The number of aryl methyl sites for hydroxylation is 1. The topological polar surface area (TPSA) is 62.7 Å². The molecule has 2 aromatic carbocycles. The van der Waals surface area contributed by atoms with Gasteiger partial charge in [-0.1, -0.05) is 30.3 Å². The lowest BCUT2D eigenvalue weighted by atomic mass is 10.00. The van der Waals surface area contributed by atoms with Crippen LogP contribution in [-0.2, 0) is 17.8 Å². The van der Waals surface area contributed by atoms with Gasteiger partial charge in [-0.2, -0.15) is 0 Å². The Labute approximate surface area is 188 Å². The second kappa shape index (κ2) is 10.1. The molecule has 1 atom stereocenters. The van der Waals surface area contributed by atoms with Crippen molar-refractivity contribution in [2.75, 3.05) is 20.2 Å². The average molecular weight is 430 g/mol. The number of benzene rings is 2. The first kappa shape index (κ1) is 21.6. The van der Waals surface area contributed by atoms with Gasteiger partial charge in [0.15, 0.2) is 0 Å². The summed E-state index contributed by atoms with van der Waals surface area (Å²) in [5.41, 5.74) is 2.82. The minimum atomic E-state index is -0.130. The van der Waals surface area contributed by atoms with E-state index in [0.29, 0.717) is 24.4 Å². The molecule has 1 aliphatic rings. The van der Waals surface area contributed by atoms with Crippen molar-refractivity contribution in [3.63, 3.8) is 0 Å². The third-order valence-electron chi connectivity index (χ3n) is 5.85. The lowest BCUT2D eigenvalue weighted by molar-refractivity contribution is -0.139. The Morgan fingerprint density at radius 2 is 1.72 bits per heavy atom. The highest BCUT2D eigenvalue weighted by Crippen LogP contribution is 2.22. The number of hydrogen-bond donors (Lipinski definition) is 0. The Balaban J connectivity index is 1.52. The summed E-state index contributed by atoms with van der Waals surface area (Å²) < 4.78 is 5.18. The van der Waals surface area contributed by atoms with Crippen molar-refractivity contribution in [1.29, 1.82) is 0 Å². The molecule has 0 saturated carbocycles. The molecule has 6 heteroatoms. The minimum absolute atomic E-state index is 0.0343. The number of carbonyl (C=O) groups excluding carboxylic acids is 2. The second-order valence-electron chi connectivity index (χ2n) is 7.97. The van der Waals surface area contributed by atoms with Crippen LogP contribution in [0.5, 0.6) is 5.75 Å². The van der Waals surface area contributed by atoms with E-state index in [2.05, 4.69) is 17.1 Å². The standard InChI is InChI=1S/C26H27N3O3/c1-32-24-11-8-22(9-12-24)26(31)28-18-23(10-7-20-5-3-2-4-6-20)29(25(30)19-28)17-21-13-15-27-16-14-21/h2-6,8-9,11-16,23H,7,10,17-19H2,1H3/t23-/m0/s1. The lowest BCUT2D eigenvalue weighted by Gasteiger charge is -2.41. The number of piperazine rings is 1. The van der Waals surface area contributed by atoms with Gasteiger partial charge in [-0.05, 0) is 60.4 Å². The summed E-state index contributed by atoms with van der Waals surface area (Å²) in [5, 5.41) is 0. The van der Waals surface area contributed by atoms with E-state index in [1.54, 1.807) is 48.7 Å². The fourth-order valence-corrected chi connectivity index (χ4v) is 4.07. The molecular weight excluding hydrogens is 402 g/mol. The summed E-state index contributed by atoms with van der Waals surface area (Å²) in [6.07, 6.45) is 5.11. The number of carbonyl (C=O) groups is 2. The van der Waals surface area contributed by atoms with Crippen LogP contribution in [-0.4, -0.2) is 52.8 Å². The number of pyridine rings is 1. The van der Waals surface area contributed by atoms with Gasteiger partial charge in [0.05, 0.1) is 13.2 Å². The number of aromatic nitrogens is 1. The zero-order chi connectivity index (χ0) is 22.3. The molecule has 0 unspecified atom stereocenters. The van der Waals surface area contributed by atoms with Crippen molar-refractivity contribution in [3.05, 3.63) is 95.8 Å². The third kappa shape index (κ3) is 5.14. The number of ether oxygens (including phenoxy) is 1. The van der Waals surface area contributed by atoms with Crippen molar-refractivity contribution in [3.8, 4) is 5.75 Å². The lowest BCUT2D eigenvalue weighted by Crippen LogP contribution is -2.57. The summed E-state index contributed by atoms with van der Waals surface area (Å²) in [5.74, 6) is 0.530. The van der Waals surface area contributed by atoms with E-state index in [1.807, 2.05) is 35.2 Å². The first-order chi connectivity index (χ1) is 15.6. The van der Waals surface area contributed by atoms with E-state index in [9.17, 15) is 9.59 Å². The van der Waals surface area contributed by atoms with Crippen molar-refractivity contribution in [2.24, 2.45) is 0 Å². The molecule has 0 radical (unpaired) electrons. The molecular formula is C26H27N3O3. The second-order valence-corrected chi connectivity index (χ2v) is 7.97. The number of rotatable bonds is 7. The first-order valence-electron chi connectivity index (χ1n) is 10.8. The largest absolute Gasteiger partial charge is 0.497 e. The predicted molar refractivity (Wildman–Crippen MR) is 122 cm³/mol. The van der Waals surface area contributed by atoms with Crippen LogP contribution in [0.15, 0.2) is 79.1 Å². The maximum absolute atomic E-state index is 13.2.